The van der Waals surface area contributed by atoms with E-state index in [1.165, 1.54) is 27.7 Å². The second-order valence-electron chi connectivity index (χ2n) is 7.83. The molecule has 4 aromatic rings. The van der Waals surface area contributed by atoms with Gasteiger partial charge in [0.2, 0.25) is 0 Å². The van der Waals surface area contributed by atoms with Crippen LogP contribution in [0, 0.1) is 0 Å². The Bertz CT molecular complexity index is 1220. The van der Waals surface area contributed by atoms with Crippen LogP contribution in [0.25, 0.3) is 10.9 Å². The van der Waals surface area contributed by atoms with Crippen LogP contribution in [-0.2, 0) is 13.0 Å². The van der Waals surface area contributed by atoms with Crippen molar-refractivity contribution in [2.45, 2.75) is 26.0 Å². The molecule has 3 aromatic carbocycles. The van der Waals surface area contributed by atoms with E-state index < -0.39 is 0 Å². The lowest BCUT2D eigenvalue weighted by atomic mass is 9.94. The van der Waals surface area contributed by atoms with Crippen LogP contribution < -0.4 is 14.8 Å². The van der Waals surface area contributed by atoms with Crippen LogP contribution in [-0.4, -0.2) is 18.1 Å². The van der Waals surface area contributed by atoms with Crippen LogP contribution >= 0.6 is 11.6 Å². The zero-order valence-corrected chi connectivity index (χ0v) is 18.3. The maximum atomic E-state index is 6.28. The highest BCUT2D eigenvalue weighted by Crippen LogP contribution is 2.35. The van der Waals surface area contributed by atoms with E-state index in [2.05, 4.69) is 46.7 Å². The van der Waals surface area contributed by atoms with Crippen molar-refractivity contribution in [1.82, 2.24) is 4.98 Å². The van der Waals surface area contributed by atoms with Gasteiger partial charge in [-0.1, -0.05) is 48.0 Å². The Labute approximate surface area is 187 Å². The van der Waals surface area contributed by atoms with Crippen LogP contribution in [0.4, 0.5) is 0 Å². The molecule has 31 heavy (non-hydrogen) atoms. The molecule has 1 aromatic heterocycles. The van der Waals surface area contributed by atoms with Gasteiger partial charge in [-0.2, -0.15) is 0 Å². The van der Waals surface area contributed by atoms with Crippen LogP contribution in [0.2, 0.25) is 5.02 Å². The summed E-state index contributed by atoms with van der Waals surface area (Å²) in [7, 11) is 0. The Morgan fingerprint density at radius 3 is 2.71 bits per heavy atom. The standard InChI is InChI=1S/C26H25ClN2O2/c1-2-30-24-15-17(11-12-23(24)31-16-18-7-3-5-9-21(18)27)25-26-20(13-14-28-25)19-8-4-6-10-22(19)29-26/h3-12,15,25,28-29H,2,13-14,16H2,1H3/p+1/t25-/m1/s1. The van der Waals surface area contributed by atoms with E-state index in [9.17, 15) is 0 Å². The average Bonchev–Trinajstić information content (AvgIpc) is 3.18. The molecule has 5 heteroatoms. The third-order valence-corrected chi connectivity index (χ3v) is 6.29. The molecule has 2 heterocycles. The molecule has 1 aliphatic rings. The third kappa shape index (κ3) is 3.89. The molecule has 0 unspecified atom stereocenters. The maximum Gasteiger partial charge on any atom is 0.161 e. The van der Waals surface area contributed by atoms with Crippen molar-refractivity contribution < 1.29 is 14.8 Å². The molecular weight excluding hydrogens is 408 g/mol. The fourth-order valence-corrected chi connectivity index (χ4v) is 4.64. The van der Waals surface area contributed by atoms with Crippen LogP contribution in [0.1, 0.15) is 35.3 Å². The molecule has 0 bridgehead atoms. The lowest BCUT2D eigenvalue weighted by molar-refractivity contribution is -0.690. The first-order valence-electron chi connectivity index (χ1n) is 10.8. The van der Waals surface area contributed by atoms with E-state index in [0.29, 0.717) is 18.2 Å². The molecule has 4 nitrogen and oxygen atoms in total. The Kier molecular flexibility index (Phi) is 5.58. The van der Waals surface area contributed by atoms with Gasteiger partial charge in [-0.05, 0) is 42.8 Å². The quantitative estimate of drug-likeness (QED) is 0.449. The normalized spacial score (nSPS) is 15.6. The summed E-state index contributed by atoms with van der Waals surface area (Å²) in [5.74, 6) is 1.50. The second-order valence-corrected chi connectivity index (χ2v) is 8.24. The monoisotopic (exact) mass is 433 g/mol. The largest absolute Gasteiger partial charge is 0.490 e. The van der Waals surface area contributed by atoms with Gasteiger partial charge in [0.05, 0.1) is 18.8 Å². The van der Waals surface area contributed by atoms with Gasteiger partial charge in [-0.3, -0.25) is 0 Å². The number of nitrogens with two attached hydrogens (primary N) is 1. The fraction of sp³-hybridized carbons (Fsp3) is 0.231. The first-order valence-corrected chi connectivity index (χ1v) is 11.2. The number of hydrogen-bond donors (Lipinski definition) is 2. The van der Waals surface area contributed by atoms with Crippen molar-refractivity contribution in [3.8, 4) is 11.5 Å². The Hall–Kier alpha value is -2.95. The highest BCUT2D eigenvalue weighted by Gasteiger charge is 2.29. The Morgan fingerprint density at radius 1 is 1.00 bits per heavy atom. The lowest BCUT2D eigenvalue weighted by Gasteiger charge is -2.22. The van der Waals surface area contributed by atoms with Crippen LogP contribution in [0.3, 0.4) is 0 Å². The smallest absolute Gasteiger partial charge is 0.161 e. The van der Waals surface area contributed by atoms with Crippen LogP contribution in [0.15, 0.2) is 66.7 Å². The number of quaternary nitrogens is 1. The number of H-pyrrole nitrogens is 1. The Balaban J connectivity index is 1.46. The molecule has 0 radical (unpaired) electrons. The van der Waals surface area contributed by atoms with Crippen molar-refractivity contribution in [2.24, 2.45) is 0 Å². The number of para-hydroxylation sites is 1. The molecule has 1 aliphatic heterocycles. The van der Waals surface area contributed by atoms with E-state index in [0.717, 1.165) is 30.0 Å². The molecule has 0 aliphatic carbocycles. The van der Waals surface area contributed by atoms with Gasteiger partial charge in [0.1, 0.15) is 6.61 Å². The van der Waals surface area contributed by atoms with Gasteiger partial charge in [-0.25, -0.2) is 0 Å². The summed E-state index contributed by atoms with van der Waals surface area (Å²) in [4.78, 5) is 3.67. The van der Waals surface area contributed by atoms with Gasteiger partial charge in [0, 0.05) is 33.5 Å². The van der Waals surface area contributed by atoms with Gasteiger partial charge < -0.3 is 19.8 Å². The number of benzene rings is 3. The minimum absolute atomic E-state index is 0.216. The van der Waals surface area contributed by atoms with Crippen molar-refractivity contribution in [2.75, 3.05) is 13.2 Å². The van der Waals surface area contributed by atoms with E-state index in [1.807, 2.05) is 37.3 Å². The van der Waals surface area contributed by atoms with Gasteiger partial charge in [-0.15, -0.1) is 0 Å². The molecular formula is C26H26ClN2O2+. The highest BCUT2D eigenvalue weighted by atomic mass is 35.5. The molecule has 0 amide bonds. The van der Waals surface area contributed by atoms with Gasteiger partial charge in [0.15, 0.2) is 17.5 Å². The summed E-state index contributed by atoms with van der Waals surface area (Å²) in [5.41, 5.74) is 6.09. The summed E-state index contributed by atoms with van der Waals surface area (Å²) in [5, 5.41) is 4.44. The highest BCUT2D eigenvalue weighted by molar-refractivity contribution is 6.31. The molecule has 5 rings (SSSR count). The number of aromatic amines is 1. The minimum Gasteiger partial charge on any atom is -0.490 e. The minimum atomic E-state index is 0.216. The number of aromatic nitrogens is 1. The zero-order chi connectivity index (χ0) is 21.2. The molecule has 158 valence electrons. The number of halogens is 1. The number of hydrogen-bond acceptors (Lipinski definition) is 2. The topological polar surface area (TPSA) is 50.9 Å². The van der Waals surface area contributed by atoms with Gasteiger partial charge >= 0.3 is 0 Å². The van der Waals surface area contributed by atoms with E-state index in [-0.39, 0.29) is 6.04 Å². The number of ether oxygens (including phenoxy) is 2. The first kappa shape index (κ1) is 20.0. The first-order chi connectivity index (χ1) is 15.2. The van der Waals surface area contributed by atoms with E-state index in [4.69, 9.17) is 21.1 Å². The molecule has 0 fully saturated rings. The molecule has 1 atom stereocenters. The fourth-order valence-electron chi connectivity index (χ4n) is 4.45. The predicted octanol–water partition coefficient (Wildman–Crippen LogP) is 5.01. The van der Waals surface area contributed by atoms with Crippen LogP contribution in [0.5, 0.6) is 11.5 Å². The predicted molar refractivity (Wildman–Crippen MR) is 124 cm³/mol. The summed E-state index contributed by atoms with van der Waals surface area (Å²) in [6.45, 7) is 4.04. The number of fused-ring (bicyclic) bond motifs is 3. The van der Waals surface area contributed by atoms with Gasteiger partial charge in [0.25, 0.3) is 0 Å². The summed E-state index contributed by atoms with van der Waals surface area (Å²) in [6.07, 6.45) is 1.08. The summed E-state index contributed by atoms with van der Waals surface area (Å²) < 4.78 is 12.0. The summed E-state index contributed by atoms with van der Waals surface area (Å²) >= 11 is 6.28. The number of nitrogens with one attached hydrogen (secondary N) is 1. The van der Waals surface area contributed by atoms with Crippen molar-refractivity contribution in [3.05, 3.63) is 94.1 Å². The van der Waals surface area contributed by atoms with Crippen molar-refractivity contribution in [1.29, 1.82) is 0 Å². The lowest BCUT2D eigenvalue weighted by Crippen LogP contribution is -2.87. The summed E-state index contributed by atoms with van der Waals surface area (Å²) in [6, 6.07) is 22.8. The van der Waals surface area contributed by atoms with Crippen molar-refractivity contribution >= 4 is 22.5 Å². The third-order valence-electron chi connectivity index (χ3n) is 5.92. The molecule has 0 saturated heterocycles. The van der Waals surface area contributed by atoms with E-state index in [1.54, 1.807) is 0 Å². The number of rotatable bonds is 6. The maximum absolute atomic E-state index is 6.28. The molecule has 3 N–H and O–H groups in total. The second kappa shape index (κ2) is 8.66. The average molecular weight is 434 g/mol. The molecule has 0 saturated carbocycles. The SMILES string of the molecule is CCOc1cc([C@H]2[NH2+]CCc3c2[nH]c2ccccc32)ccc1OCc1ccccc1Cl. The zero-order valence-electron chi connectivity index (χ0n) is 17.5. The molecule has 0 spiro atoms. The Morgan fingerprint density at radius 2 is 1.84 bits per heavy atom. The van der Waals surface area contributed by atoms with Crippen molar-refractivity contribution in [3.63, 3.8) is 0 Å². The van der Waals surface area contributed by atoms with E-state index >= 15 is 0 Å².